The topological polar surface area (TPSA) is 29.4 Å². The summed E-state index contributed by atoms with van der Waals surface area (Å²) in [5.74, 6) is 0.150. The van der Waals surface area contributed by atoms with Crippen LogP contribution in [0.25, 0.3) is 0 Å². The Kier molecular flexibility index (Phi) is 12.4. The Labute approximate surface area is 171 Å². The zero-order valence-electron chi connectivity index (χ0n) is 18.0. The first-order valence-electron chi connectivity index (χ1n) is 10.7. The van der Waals surface area contributed by atoms with Gasteiger partial charge in [-0.2, -0.15) is 0 Å². The fourth-order valence-electron chi connectivity index (χ4n) is 3.44. The van der Waals surface area contributed by atoms with Crippen molar-refractivity contribution in [3.63, 3.8) is 0 Å². The Balaban J connectivity index is 2.43. The molecule has 1 rings (SSSR count). The predicted octanol–water partition coefficient (Wildman–Crippen LogP) is 7.81. The summed E-state index contributed by atoms with van der Waals surface area (Å²) in [6.45, 7) is 10.5. The van der Waals surface area contributed by atoms with Gasteiger partial charge in [0.05, 0.1) is 0 Å². The van der Waals surface area contributed by atoms with Crippen molar-refractivity contribution in [3.8, 4) is 0 Å². The summed E-state index contributed by atoms with van der Waals surface area (Å²) < 4.78 is 0. The summed E-state index contributed by atoms with van der Waals surface area (Å²) >= 11 is 1.43. The third-order valence-electron chi connectivity index (χ3n) is 5.31. The first kappa shape index (κ1) is 23.9. The lowest BCUT2D eigenvalue weighted by atomic mass is 9.88. The highest BCUT2D eigenvalue weighted by Crippen LogP contribution is 2.30. The van der Waals surface area contributed by atoms with E-state index in [0.717, 1.165) is 24.2 Å². The molecule has 0 bridgehead atoms. The van der Waals surface area contributed by atoms with Crippen LogP contribution in [0.1, 0.15) is 97.8 Å². The molecule has 152 valence electrons. The maximum Gasteiger partial charge on any atom is 0.187 e. The van der Waals surface area contributed by atoms with Crippen LogP contribution < -0.4 is 0 Å². The van der Waals surface area contributed by atoms with Crippen LogP contribution >= 0.6 is 11.8 Å². The number of thioether (sulfide) groups is 1. The quantitative estimate of drug-likeness (QED) is 0.183. The van der Waals surface area contributed by atoms with E-state index in [9.17, 15) is 4.79 Å². The molecule has 0 amide bonds. The van der Waals surface area contributed by atoms with E-state index in [2.05, 4.69) is 38.4 Å². The number of hydrogen-bond donors (Lipinski definition) is 0. The van der Waals surface area contributed by atoms with Gasteiger partial charge in [0.25, 0.3) is 0 Å². The van der Waals surface area contributed by atoms with Gasteiger partial charge in [0.15, 0.2) is 5.78 Å². The molecule has 0 N–H and O–H groups in total. The molecule has 0 heterocycles. The molecule has 0 spiro atoms. The number of allylic oxidation sites excluding steroid dienone is 5. The van der Waals surface area contributed by atoms with E-state index < -0.39 is 0 Å². The minimum absolute atomic E-state index is 0.150. The number of hydrogen-bond acceptors (Lipinski definition) is 3. The first-order chi connectivity index (χ1) is 13.0. The number of nitrogens with zero attached hydrogens (tertiary/aromatic N) is 1. The number of carbonyl (C=O) groups excluding carboxylic acids is 1. The Hall–Kier alpha value is -1.09. The van der Waals surface area contributed by atoms with Crippen molar-refractivity contribution in [2.45, 2.75) is 97.8 Å². The van der Waals surface area contributed by atoms with Gasteiger partial charge in [0, 0.05) is 13.5 Å². The van der Waals surface area contributed by atoms with Crippen LogP contribution in [-0.4, -0.2) is 17.9 Å². The number of ketones is 1. The Bertz CT molecular complexity index is 583. The Morgan fingerprint density at radius 3 is 2.44 bits per heavy atom. The maximum absolute atomic E-state index is 12.4. The highest BCUT2D eigenvalue weighted by Gasteiger charge is 2.16. The number of aliphatic imine (C=N–C) groups is 1. The van der Waals surface area contributed by atoms with E-state index in [1.54, 1.807) is 12.6 Å². The molecular weight excluding hydrogens is 350 g/mol. The van der Waals surface area contributed by atoms with Crippen molar-refractivity contribution in [2.24, 2.45) is 4.99 Å². The Morgan fingerprint density at radius 2 is 1.81 bits per heavy atom. The van der Waals surface area contributed by atoms with Crippen LogP contribution in [0, 0.1) is 0 Å². The van der Waals surface area contributed by atoms with Gasteiger partial charge in [-0.15, -0.1) is 0 Å². The predicted molar refractivity (Wildman–Crippen MR) is 123 cm³/mol. The average Bonchev–Trinajstić information content (AvgIpc) is 2.67. The molecular formula is C24H39NOS. The van der Waals surface area contributed by atoms with Crippen LogP contribution in [-0.2, 0) is 4.79 Å². The third-order valence-corrected chi connectivity index (χ3v) is 6.49. The molecule has 0 aromatic rings. The zero-order chi connectivity index (χ0) is 20.1. The molecule has 27 heavy (non-hydrogen) atoms. The summed E-state index contributed by atoms with van der Waals surface area (Å²) in [5.41, 5.74) is 4.49. The van der Waals surface area contributed by atoms with E-state index >= 15 is 0 Å². The standard InChI is InChI=1S/C24H39NOS/c1-6-8-9-10-11-12-13-22-16-14-21(18-19(22)3)15-17-23(26)24(25-5)27-20(4)7-2/h18H,4,6-17H2,1-3,5H3/b25-24-. The maximum atomic E-state index is 12.4. The lowest BCUT2D eigenvalue weighted by Crippen LogP contribution is -2.11. The van der Waals surface area contributed by atoms with Crippen LogP contribution in [0.3, 0.4) is 0 Å². The molecule has 0 saturated heterocycles. The average molecular weight is 390 g/mol. The zero-order valence-corrected chi connectivity index (χ0v) is 18.8. The molecule has 2 nitrogen and oxygen atoms in total. The Morgan fingerprint density at radius 1 is 1.11 bits per heavy atom. The van der Waals surface area contributed by atoms with Gasteiger partial charge in [-0.3, -0.25) is 9.79 Å². The van der Waals surface area contributed by atoms with Crippen molar-refractivity contribution in [2.75, 3.05) is 7.05 Å². The lowest BCUT2D eigenvalue weighted by Gasteiger charge is -2.18. The van der Waals surface area contributed by atoms with E-state index in [-0.39, 0.29) is 5.78 Å². The van der Waals surface area contributed by atoms with E-state index in [4.69, 9.17) is 0 Å². The number of Topliss-reactive ketones (excluding diaryl/α,β-unsaturated/α-hetero) is 1. The monoisotopic (exact) mass is 389 g/mol. The molecule has 0 aromatic carbocycles. The van der Waals surface area contributed by atoms with Crippen LogP contribution in [0.15, 0.2) is 39.3 Å². The molecule has 0 atom stereocenters. The lowest BCUT2D eigenvalue weighted by molar-refractivity contribution is -0.112. The van der Waals surface area contributed by atoms with Gasteiger partial charge in [-0.25, -0.2) is 0 Å². The summed E-state index contributed by atoms with van der Waals surface area (Å²) in [6.07, 6.45) is 16.3. The van der Waals surface area contributed by atoms with E-state index in [0.29, 0.717) is 11.5 Å². The van der Waals surface area contributed by atoms with E-state index in [1.807, 2.05) is 0 Å². The number of unbranched alkanes of at least 4 members (excludes halogenated alkanes) is 5. The SMILES string of the molecule is C=C(CC)S/C(=N\C)C(=O)CCC1=CC(C)=C(CCCCCCCC)CC1. The molecule has 1 aliphatic carbocycles. The molecule has 3 heteroatoms. The number of carbonyl (C=O) groups is 1. The molecule has 1 aliphatic rings. The molecule has 0 unspecified atom stereocenters. The minimum atomic E-state index is 0.150. The fourth-order valence-corrected chi connectivity index (χ4v) is 4.17. The molecule has 0 radical (unpaired) electrons. The van der Waals surface area contributed by atoms with Crippen LogP contribution in [0.4, 0.5) is 0 Å². The van der Waals surface area contributed by atoms with Gasteiger partial charge in [-0.1, -0.05) is 87.1 Å². The second kappa shape index (κ2) is 14.0. The van der Waals surface area contributed by atoms with Crippen molar-refractivity contribution >= 4 is 22.6 Å². The van der Waals surface area contributed by atoms with Crippen molar-refractivity contribution in [3.05, 3.63) is 34.3 Å². The number of rotatable bonds is 13. The van der Waals surface area contributed by atoms with Gasteiger partial charge in [0.1, 0.15) is 5.04 Å². The summed E-state index contributed by atoms with van der Waals surface area (Å²) in [5, 5.41) is 0.606. The smallest absolute Gasteiger partial charge is 0.187 e. The fraction of sp³-hybridized carbons (Fsp3) is 0.667. The van der Waals surface area contributed by atoms with Crippen LogP contribution in [0.2, 0.25) is 0 Å². The minimum Gasteiger partial charge on any atom is -0.292 e. The molecule has 0 saturated carbocycles. The summed E-state index contributed by atoms with van der Waals surface area (Å²) in [7, 11) is 1.70. The van der Waals surface area contributed by atoms with Crippen molar-refractivity contribution in [1.29, 1.82) is 0 Å². The van der Waals surface area contributed by atoms with E-state index in [1.165, 1.54) is 74.3 Å². The van der Waals surface area contributed by atoms with Gasteiger partial charge in [-0.05, 0) is 50.4 Å². The van der Waals surface area contributed by atoms with Crippen molar-refractivity contribution in [1.82, 2.24) is 0 Å². The molecule has 0 fully saturated rings. The second-order valence-corrected chi connectivity index (χ2v) is 8.72. The first-order valence-corrected chi connectivity index (χ1v) is 11.6. The largest absolute Gasteiger partial charge is 0.292 e. The summed E-state index contributed by atoms with van der Waals surface area (Å²) in [6, 6.07) is 0. The van der Waals surface area contributed by atoms with Gasteiger partial charge < -0.3 is 0 Å². The van der Waals surface area contributed by atoms with Gasteiger partial charge in [0.2, 0.25) is 0 Å². The summed E-state index contributed by atoms with van der Waals surface area (Å²) in [4.78, 5) is 17.6. The highest BCUT2D eigenvalue weighted by molar-refractivity contribution is 8.18. The van der Waals surface area contributed by atoms with Crippen molar-refractivity contribution < 1.29 is 4.79 Å². The molecule has 0 aromatic heterocycles. The van der Waals surface area contributed by atoms with Gasteiger partial charge >= 0.3 is 0 Å². The molecule has 0 aliphatic heterocycles. The van der Waals surface area contributed by atoms with Crippen LogP contribution in [0.5, 0.6) is 0 Å². The normalized spacial score (nSPS) is 15.1. The second-order valence-electron chi connectivity index (χ2n) is 7.55. The third kappa shape index (κ3) is 9.60. The highest BCUT2D eigenvalue weighted by atomic mass is 32.2.